The van der Waals surface area contributed by atoms with Crippen LogP contribution in [0.4, 0.5) is 5.69 Å². The summed E-state index contributed by atoms with van der Waals surface area (Å²) in [6, 6.07) is 7.79. The van der Waals surface area contributed by atoms with Gasteiger partial charge in [0.05, 0.1) is 0 Å². The Morgan fingerprint density at radius 1 is 1.40 bits per heavy atom. The third-order valence-corrected chi connectivity index (χ3v) is 2.86. The van der Waals surface area contributed by atoms with Crippen molar-refractivity contribution in [3.63, 3.8) is 0 Å². The molecule has 1 aliphatic carbocycles. The maximum Gasteiger partial charge on any atom is 0.133 e. The summed E-state index contributed by atoms with van der Waals surface area (Å²) < 4.78 is 0. The van der Waals surface area contributed by atoms with E-state index in [0.717, 1.165) is 18.5 Å². The fraction of sp³-hybridized carbons (Fsp3) is 0.462. The van der Waals surface area contributed by atoms with E-state index in [2.05, 4.69) is 0 Å². The number of nitrogens with two attached hydrogens (primary N) is 1. The third-order valence-electron chi connectivity index (χ3n) is 2.86. The molecule has 2 rings (SSSR count). The van der Waals surface area contributed by atoms with Crippen LogP contribution >= 0.6 is 0 Å². The fourth-order valence-electron chi connectivity index (χ4n) is 1.78. The molecule has 0 unspecified atom stereocenters. The van der Waals surface area contributed by atoms with Crippen molar-refractivity contribution in [2.24, 2.45) is 5.92 Å². The number of anilines is 1. The second-order valence-electron chi connectivity index (χ2n) is 4.43. The molecule has 1 aromatic carbocycles. The van der Waals surface area contributed by atoms with Gasteiger partial charge in [-0.25, -0.2) is 0 Å². The fourth-order valence-corrected chi connectivity index (χ4v) is 1.78. The van der Waals surface area contributed by atoms with Crippen molar-refractivity contribution in [2.45, 2.75) is 32.1 Å². The predicted octanol–water partition coefficient (Wildman–Crippen LogP) is 2.57. The molecule has 2 nitrogen and oxygen atoms in total. The molecule has 1 aromatic rings. The normalized spacial score (nSPS) is 15.2. The predicted molar refractivity (Wildman–Crippen MR) is 61.5 cm³/mol. The van der Waals surface area contributed by atoms with Crippen LogP contribution in [0.25, 0.3) is 0 Å². The zero-order valence-electron chi connectivity index (χ0n) is 8.91. The van der Waals surface area contributed by atoms with Crippen molar-refractivity contribution in [2.75, 3.05) is 5.73 Å². The molecule has 2 N–H and O–H groups in total. The summed E-state index contributed by atoms with van der Waals surface area (Å²) in [6.45, 7) is 0. The number of hydrogen-bond acceptors (Lipinski definition) is 2. The first kappa shape index (κ1) is 10.2. The average Bonchev–Trinajstić information content (AvgIpc) is 2.99. The van der Waals surface area contributed by atoms with Gasteiger partial charge in [0, 0.05) is 18.5 Å². The Morgan fingerprint density at radius 3 is 2.87 bits per heavy atom. The molecule has 0 radical (unpaired) electrons. The van der Waals surface area contributed by atoms with Crippen LogP contribution in [-0.2, 0) is 11.2 Å². The molecule has 0 amide bonds. The maximum absolute atomic E-state index is 11.5. The van der Waals surface area contributed by atoms with Crippen LogP contribution in [0.5, 0.6) is 0 Å². The number of nitrogen functional groups attached to an aromatic ring is 1. The highest BCUT2D eigenvalue weighted by Gasteiger charge is 2.23. The first-order valence-corrected chi connectivity index (χ1v) is 5.60. The Morgan fingerprint density at radius 2 is 2.20 bits per heavy atom. The second kappa shape index (κ2) is 4.47. The molecule has 15 heavy (non-hydrogen) atoms. The standard InChI is InChI=1S/C13H17NO/c14-12-3-1-2-10(8-12)6-7-13(15)9-11-4-5-11/h1-3,8,11H,4-7,9,14H2. The molecule has 0 bridgehead atoms. The van der Waals surface area contributed by atoms with Crippen LogP contribution in [0, 0.1) is 5.92 Å². The third kappa shape index (κ3) is 3.39. The molecular formula is C13H17NO. The number of benzene rings is 1. The Bertz CT molecular complexity index is 355. The summed E-state index contributed by atoms with van der Waals surface area (Å²) in [5.74, 6) is 1.11. The van der Waals surface area contributed by atoms with Gasteiger partial charge in [0.25, 0.3) is 0 Å². The van der Waals surface area contributed by atoms with Crippen molar-refractivity contribution < 1.29 is 4.79 Å². The van der Waals surface area contributed by atoms with Crippen LogP contribution in [0.15, 0.2) is 24.3 Å². The number of carbonyl (C=O) groups is 1. The first-order chi connectivity index (χ1) is 7.24. The van der Waals surface area contributed by atoms with E-state index in [1.807, 2.05) is 24.3 Å². The largest absolute Gasteiger partial charge is 0.399 e. The molecule has 1 aliphatic rings. The average molecular weight is 203 g/mol. The molecule has 0 aromatic heterocycles. The van der Waals surface area contributed by atoms with Crippen LogP contribution in [0.1, 0.15) is 31.2 Å². The molecule has 1 saturated carbocycles. The van der Waals surface area contributed by atoms with Crippen LogP contribution < -0.4 is 5.73 Å². The van der Waals surface area contributed by atoms with Crippen LogP contribution in [0.2, 0.25) is 0 Å². The maximum atomic E-state index is 11.5. The lowest BCUT2D eigenvalue weighted by Crippen LogP contribution is -2.01. The number of ketones is 1. The summed E-state index contributed by atoms with van der Waals surface area (Å²) in [6.07, 6.45) is 4.80. The topological polar surface area (TPSA) is 43.1 Å². The smallest absolute Gasteiger partial charge is 0.133 e. The first-order valence-electron chi connectivity index (χ1n) is 5.60. The van der Waals surface area contributed by atoms with Gasteiger partial charge < -0.3 is 5.73 Å². The summed E-state index contributed by atoms with van der Waals surface area (Å²) in [7, 11) is 0. The van der Waals surface area contributed by atoms with E-state index < -0.39 is 0 Å². The van der Waals surface area contributed by atoms with E-state index in [0.29, 0.717) is 18.1 Å². The van der Waals surface area contributed by atoms with Gasteiger partial charge in [0.15, 0.2) is 0 Å². The van der Waals surface area contributed by atoms with Gasteiger partial charge in [-0.3, -0.25) is 4.79 Å². The quantitative estimate of drug-likeness (QED) is 0.747. The highest BCUT2D eigenvalue weighted by molar-refractivity contribution is 5.79. The van der Waals surface area contributed by atoms with E-state index >= 15 is 0 Å². The minimum atomic E-state index is 0.403. The van der Waals surface area contributed by atoms with Gasteiger partial charge in [-0.15, -0.1) is 0 Å². The van der Waals surface area contributed by atoms with E-state index in [4.69, 9.17) is 5.73 Å². The van der Waals surface area contributed by atoms with Gasteiger partial charge >= 0.3 is 0 Å². The zero-order valence-corrected chi connectivity index (χ0v) is 8.91. The molecule has 0 spiro atoms. The van der Waals surface area contributed by atoms with Crippen molar-refractivity contribution in [1.29, 1.82) is 0 Å². The lowest BCUT2D eigenvalue weighted by Gasteiger charge is -2.02. The lowest BCUT2D eigenvalue weighted by molar-refractivity contribution is -0.119. The summed E-state index contributed by atoms with van der Waals surface area (Å²) in [4.78, 5) is 11.5. The Labute approximate surface area is 90.5 Å². The van der Waals surface area contributed by atoms with E-state index in [1.165, 1.54) is 18.4 Å². The molecular weight excluding hydrogens is 186 g/mol. The number of rotatable bonds is 5. The van der Waals surface area contributed by atoms with E-state index in [9.17, 15) is 4.79 Å². The summed E-state index contributed by atoms with van der Waals surface area (Å²) >= 11 is 0. The lowest BCUT2D eigenvalue weighted by atomic mass is 10.0. The van der Waals surface area contributed by atoms with E-state index in [1.54, 1.807) is 0 Å². The number of hydrogen-bond donors (Lipinski definition) is 1. The molecule has 1 fully saturated rings. The molecule has 0 aliphatic heterocycles. The number of carbonyl (C=O) groups excluding carboxylic acids is 1. The zero-order chi connectivity index (χ0) is 10.7. The highest BCUT2D eigenvalue weighted by Crippen LogP contribution is 2.32. The molecule has 80 valence electrons. The van der Waals surface area contributed by atoms with Crippen LogP contribution in [0.3, 0.4) is 0 Å². The molecule has 0 atom stereocenters. The minimum absolute atomic E-state index is 0.403. The molecule has 0 heterocycles. The van der Waals surface area contributed by atoms with Crippen molar-refractivity contribution >= 4 is 11.5 Å². The van der Waals surface area contributed by atoms with Gasteiger partial charge in [-0.2, -0.15) is 0 Å². The summed E-state index contributed by atoms with van der Waals surface area (Å²) in [5, 5.41) is 0. The van der Waals surface area contributed by atoms with Crippen molar-refractivity contribution in [3.8, 4) is 0 Å². The van der Waals surface area contributed by atoms with Gasteiger partial charge in [0.2, 0.25) is 0 Å². The Kier molecular flexibility index (Phi) is 3.05. The van der Waals surface area contributed by atoms with Crippen molar-refractivity contribution in [1.82, 2.24) is 0 Å². The van der Waals surface area contributed by atoms with Gasteiger partial charge in [-0.1, -0.05) is 12.1 Å². The Hall–Kier alpha value is -1.31. The Balaban J connectivity index is 1.78. The van der Waals surface area contributed by atoms with Gasteiger partial charge in [0.1, 0.15) is 5.78 Å². The summed E-state index contributed by atoms with van der Waals surface area (Å²) in [5.41, 5.74) is 7.62. The minimum Gasteiger partial charge on any atom is -0.399 e. The number of Topliss-reactive ketones (excluding diaryl/α,β-unsaturated/α-hetero) is 1. The van der Waals surface area contributed by atoms with Crippen molar-refractivity contribution in [3.05, 3.63) is 29.8 Å². The number of aryl methyl sites for hydroxylation is 1. The highest BCUT2D eigenvalue weighted by atomic mass is 16.1. The SMILES string of the molecule is Nc1cccc(CCC(=O)CC2CC2)c1. The molecule has 2 heteroatoms. The van der Waals surface area contributed by atoms with E-state index in [-0.39, 0.29) is 0 Å². The van der Waals surface area contributed by atoms with Crippen LogP contribution in [-0.4, -0.2) is 5.78 Å². The second-order valence-corrected chi connectivity index (χ2v) is 4.43. The molecule has 0 saturated heterocycles. The monoisotopic (exact) mass is 203 g/mol. The van der Waals surface area contributed by atoms with Gasteiger partial charge in [-0.05, 0) is 42.9 Å².